The van der Waals surface area contributed by atoms with Gasteiger partial charge in [0.15, 0.2) is 11.5 Å². The lowest BCUT2D eigenvalue weighted by molar-refractivity contribution is -0.134. The first-order chi connectivity index (χ1) is 11.2. The van der Waals surface area contributed by atoms with E-state index in [0.29, 0.717) is 12.1 Å². The van der Waals surface area contributed by atoms with Crippen LogP contribution in [0.2, 0.25) is 0 Å². The highest BCUT2D eigenvalue weighted by atomic mass is 35.5. The maximum atomic E-state index is 12.4. The number of hydrogen-bond donors (Lipinski definition) is 0. The van der Waals surface area contributed by atoms with Crippen LogP contribution in [0.25, 0.3) is 10.9 Å². The molecule has 1 aromatic carbocycles. The highest BCUT2D eigenvalue weighted by Gasteiger charge is 2.18. The number of fused-ring (bicyclic) bond motifs is 1. The standard InChI is InChI=1S/C16H14ClNO6/c1-4-18-7-11(16(17)22)15(21)10-5-13(23-8(2)19)14(6-12(10)18)24-9(3)20/h5-7H,4H2,1-3H3. The van der Waals surface area contributed by atoms with Crippen molar-refractivity contribution in [2.75, 3.05) is 0 Å². The summed E-state index contributed by atoms with van der Waals surface area (Å²) in [5.74, 6) is -1.36. The van der Waals surface area contributed by atoms with Crippen molar-refractivity contribution in [1.29, 1.82) is 0 Å². The Morgan fingerprint density at radius 1 is 1.08 bits per heavy atom. The number of esters is 2. The molecule has 2 rings (SSSR count). The smallest absolute Gasteiger partial charge is 0.308 e. The predicted octanol–water partition coefficient (Wildman–Crippen LogP) is 2.25. The van der Waals surface area contributed by atoms with Gasteiger partial charge in [-0.05, 0) is 24.6 Å². The number of halogens is 1. The van der Waals surface area contributed by atoms with E-state index in [1.54, 1.807) is 11.5 Å². The van der Waals surface area contributed by atoms with E-state index >= 15 is 0 Å². The molecule has 0 bridgehead atoms. The summed E-state index contributed by atoms with van der Waals surface area (Å²) in [7, 11) is 0. The maximum Gasteiger partial charge on any atom is 0.308 e. The number of hydrogen-bond acceptors (Lipinski definition) is 6. The Bertz CT molecular complexity index is 915. The van der Waals surface area contributed by atoms with Crippen molar-refractivity contribution in [1.82, 2.24) is 4.57 Å². The van der Waals surface area contributed by atoms with Crippen LogP contribution in [0.4, 0.5) is 0 Å². The lowest BCUT2D eigenvalue weighted by Gasteiger charge is -2.14. The summed E-state index contributed by atoms with van der Waals surface area (Å²) in [4.78, 5) is 46.4. The van der Waals surface area contributed by atoms with E-state index in [4.69, 9.17) is 21.1 Å². The summed E-state index contributed by atoms with van der Waals surface area (Å²) in [5.41, 5.74) is -0.381. The van der Waals surface area contributed by atoms with Gasteiger partial charge in [0.1, 0.15) is 0 Å². The van der Waals surface area contributed by atoms with Crippen molar-refractivity contribution in [3.05, 3.63) is 34.1 Å². The second-order valence-electron chi connectivity index (χ2n) is 4.93. The zero-order valence-electron chi connectivity index (χ0n) is 13.2. The van der Waals surface area contributed by atoms with Crippen LogP contribution in [0.5, 0.6) is 11.5 Å². The molecule has 0 N–H and O–H groups in total. The molecule has 0 aliphatic carbocycles. The molecule has 24 heavy (non-hydrogen) atoms. The third-order valence-corrected chi connectivity index (χ3v) is 3.41. The number of ether oxygens (including phenoxy) is 2. The largest absolute Gasteiger partial charge is 0.423 e. The molecule has 7 nitrogen and oxygen atoms in total. The first-order valence-electron chi connectivity index (χ1n) is 7.02. The minimum Gasteiger partial charge on any atom is -0.423 e. The molecule has 0 unspecified atom stereocenters. The molecule has 0 amide bonds. The highest BCUT2D eigenvalue weighted by Crippen LogP contribution is 2.32. The summed E-state index contributed by atoms with van der Waals surface area (Å²) in [6.45, 7) is 4.60. The molecule has 0 atom stereocenters. The van der Waals surface area contributed by atoms with Gasteiger partial charge in [-0.15, -0.1) is 0 Å². The first kappa shape index (κ1) is 17.7. The Kier molecular flexibility index (Phi) is 5.04. The molecule has 0 aliphatic rings. The molecule has 1 heterocycles. The van der Waals surface area contributed by atoms with E-state index in [-0.39, 0.29) is 22.4 Å². The number of aromatic nitrogens is 1. The SMILES string of the molecule is CCn1cc(C(=O)Cl)c(=O)c2cc(OC(C)=O)c(OC(C)=O)cc21. The number of carbonyl (C=O) groups is 3. The van der Waals surface area contributed by atoms with E-state index < -0.39 is 22.6 Å². The predicted molar refractivity (Wildman–Crippen MR) is 86.7 cm³/mol. The summed E-state index contributed by atoms with van der Waals surface area (Å²) in [6, 6.07) is 2.66. The molecule has 0 fully saturated rings. The van der Waals surface area contributed by atoms with Crippen LogP contribution < -0.4 is 14.9 Å². The molecule has 0 saturated carbocycles. The maximum absolute atomic E-state index is 12.4. The zero-order chi connectivity index (χ0) is 18.0. The van der Waals surface area contributed by atoms with Crippen molar-refractivity contribution in [2.45, 2.75) is 27.3 Å². The second-order valence-corrected chi connectivity index (χ2v) is 5.28. The van der Waals surface area contributed by atoms with Gasteiger partial charge in [-0.1, -0.05) is 0 Å². The summed E-state index contributed by atoms with van der Waals surface area (Å²) in [5, 5.41) is -0.766. The summed E-state index contributed by atoms with van der Waals surface area (Å²) >= 11 is 5.46. The van der Waals surface area contributed by atoms with Crippen LogP contribution >= 0.6 is 11.6 Å². The fourth-order valence-corrected chi connectivity index (χ4v) is 2.40. The molecule has 0 saturated heterocycles. The number of nitrogens with zero attached hydrogens (tertiary/aromatic N) is 1. The van der Waals surface area contributed by atoms with Crippen LogP contribution in [0.1, 0.15) is 31.1 Å². The minimum absolute atomic E-state index is 0.00301. The average Bonchev–Trinajstić information content (AvgIpc) is 2.47. The van der Waals surface area contributed by atoms with Gasteiger partial charge in [-0.25, -0.2) is 0 Å². The zero-order valence-corrected chi connectivity index (χ0v) is 14.0. The summed E-state index contributed by atoms with van der Waals surface area (Å²) in [6.07, 6.45) is 1.34. The fraction of sp³-hybridized carbons (Fsp3) is 0.250. The highest BCUT2D eigenvalue weighted by molar-refractivity contribution is 6.67. The van der Waals surface area contributed by atoms with Gasteiger partial charge in [-0.2, -0.15) is 0 Å². The Labute approximate surface area is 141 Å². The molecule has 0 spiro atoms. The minimum atomic E-state index is -0.887. The second kappa shape index (κ2) is 6.84. The topological polar surface area (TPSA) is 91.7 Å². The third kappa shape index (κ3) is 3.46. The van der Waals surface area contributed by atoms with Crippen LogP contribution in [-0.4, -0.2) is 21.7 Å². The third-order valence-electron chi connectivity index (χ3n) is 3.21. The molecular formula is C16H14ClNO6. The Morgan fingerprint density at radius 2 is 1.62 bits per heavy atom. The number of pyridine rings is 1. The molecular weight excluding hydrogens is 338 g/mol. The monoisotopic (exact) mass is 351 g/mol. The number of benzene rings is 1. The van der Waals surface area contributed by atoms with Crippen LogP contribution in [0.15, 0.2) is 23.1 Å². The first-order valence-corrected chi connectivity index (χ1v) is 7.40. The van der Waals surface area contributed by atoms with Crippen molar-refractivity contribution in [3.8, 4) is 11.5 Å². The number of aryl methyl sites for hydroxylation is 1. The van der Waals surface area contributed by atoms with E-state index in [2.05, 4.69) is 0 Å². The van der Waals surface area contributed by atoms with E-state index in [1.807, 2.05) is 0 Å². The fourth-order valence-electron chi connectivity index (χ4n) is 2.27. The van der Waals surface area contributed by atoms with Gasteiger partial charge >= 0.3 is 11.9 Å². The van der Waals surface area contributed by atoms with Gasteiger partial charge in [-0.3, -0.25) is 19.2 Å². The number of rotatable bonds is 4. The molecule has 8 heteroatoms. The molecule has 2 aromatic rings. The van der Waals surface area contributed by atoms with Gasteiger partial charge in [0.25, 0.3) is 5.24 Å². The van der Waals surface area contributed by atoms with Crippen LogP contribution in [0, 0.1) is 0 Å². The van der Waals surface area contributed by atoms with E-state index in [0.717, 1.165) is 0 Å². The van der Waals surface area contributed by atoms with Gasteiger partial charge < -0.3 is 14.0 Å². The molecule has 0 radical (unpaired) electrons. The van der Waals surface area contributed by atoms with E-state index in [9.17, 15) is 19.2 Å². The van der Waals surface area contributed by atoms with Crippen molar-refractivity contribution < 1.29 is 23.9 Å². The lowest BCUT2D eigenvalue weighted by atomic mass is 10.1. The Balaban J connectivity index is 2.87. The lowest BCUT2D eigenvalue weighted by Crippen LogP contribution is -2.17. The quantitative estimate of drug-likeness (QED) is 0.476. The molecule has 0 aliphatic heterocycles. The molecule has 1 aromatic heterocycles. The van der Waals surface area contributed by atoms with Gasteiger partial charge in [0.2, 0.25) is 5.43 Å². The molecule has 126 valence electrons. The summed E-state index contributed by atoms with van der Waals surface area (Å²) < 4.78 is 11.7. The number of carbonyl (C=O) groups excluding carboxylic acids is 3. The van der Waals surface area contributed by atoms with Crippen LogP contribution in [0.3, 0.4) is 0 Å². The van der Waals surface area contributed by atoms with Crippen molar-refractivity contribution >= 4 is 39.7 Å². The Hall–Kier alpha value is -2.67. The van der Waals surface area contributed by atoms with Crippen molar-refractivity contribution in [2.24, 2.45) is 0 Å². The average molecular weight is 352 g/mol. The van der Waals surface area contributed by atoms with Gasteiger partial charge in [0, 0.05) is 32.7 Å². The van der Waals surface area contributed by atoms with Crippen LogP contribution in [-0.2, 0) is 16.1 Å². The Morgan fingerprint density at radius 3 is 2.08 bits per heavy atom. The van der Waals surface area contributed by atoms with Gasteiger partial charge in [0.05, 0.1) is 16.5 Å². The van der Waals surface area contributed by atoms with Crippen molar-refractivity contribution in [3.63, 3.8) is 0 Å². The normalized spacial score (nSPS) is 10.5. The van der Waals surface area contributed by atoms with E-state index in [1.165, 1.54) is 32.2 Å².